The lowest BCUT2D eigenvalue weighted by molar-refractivity contribution is -0.0186. The molecule has 1 aromatic heterocycles. The number of H-pyrrole nitrogens is 1. The maximum atomic E-state index is 12.2. The number of pyridine rings is 1. The van der Waals surface area contributed by atoms with Gasteiger partial charge in [-0.1, -0.05) is 13.8 Å². The molecule has 5 heteroatoms. The van der Waals surface area contributed by atoms with Crippen molar-refractivity contribution in [3.05, 3.63) is 34.2 Å². The largest absolute Gasteiger partial charge is 0.376 e. The van der Waals surface area contributed by atoms with Crippen LogP contribution >= 0.6 is 0 Å². The molecule has 1 saturated heterocycles. The second kappa shape index (κ2) is 6.70. The Morgan fingerprint density at radius 2 is 2.35 bits per heavy atom. The van der Waals surface area contributed by atoms with Crippen LogP contribution in [0.2, 0.25) is 0 Å². The van der Waals surface area contributed by atoms with Crippen LogP contribution in [0.15, 0.2) is 23.1 Å². The second-order valence-corrected chi connectivity index (χ2v) is 5.70. The minimum atomic E-state index is -0.267. The number of hydrogen-bond acceptors (Lipinski definition) is 3. The Labute approximate surface area is 118 Å². The normalized spacial score (nSPS) is 22.8. The minimum Gasteiger partial charge on any atom is -0.376 e. The topological polar surface area (TPSA) is 71.2 Å². The van der Waals surface area contributed by atoms with E-state index >= 15 is 0 Å². The average Bonchev–Trinajstić information content (AvgIpc) is 2.40. The Kier molecular flexibility index (Phi) is 4.95. The summed E-state index contributed by atoms with van der Waals surface area (Å²) in [5.41, 5.74) is 0.124. The number of carbonyl (C=O) groups excluding carboxylic acids is 1. The summed E-state index contributed by atoms with van der Waals surface area (Å²) in [6.07, 6.45) is 4.36. The highest BCUT2D eigenvalue weighted by Crippen LogP contribution is 2.20. The van der Waals surface area contributed by atoms with Crippen molar-refractivity contribution in [2.24, 2.45) is 5.92 Å². The standard InChI is InChI=1S/C15H22N2O3/c1-10(2)8-13-12(4-3-7-20-13)17-15(19)11-5-6-16-14(18)9-11/h5-6,9-10,12-13H,3-4,7-8H2,1-2H3,(H,16,18)(H,17,19)/t12-,13+/m0/s1. The molecule has 2 heterocycles. The number of hydrogen-bond donors (Lipinski definition) is 2. The van der Waals surface area contributed by atoms with E-state index in [2.05, 4.69) is 24.1 Å². The maximum Gasteiger partial charge on any atom is 0.251 e. The molecule has 0 aliphatic carbocycles. The lowest BCUT2D eigenvalue weighted by Crippen LogP contribution is -2.47. The molecular weight excluding hydrogens is 256 g/mol. The van der Waals surface area contributed by atoms with E-state index in [4.69, 9.17) is 4.74 Å². The van der Waals surface area contributed by atoms with Crippen LogP contribution in [0.3, 0.4) is 0 Å². The molecular formula is C15H22N2O3. The lowest BCUT2D eigenvalue weighted by atomic mass is 9.94. The molecule has 1 fully saturated rings. The van der Waals surface area contributed by atoms with Crippen molar-refractivity contribution in [2.75, 3.05) is 6.61 Å². The molecule has 0 bridgehead atoms. The van der Waals surface area contributed by atoms with Gasteiger partial charge in [-0.05, 0) is 31.2 Å². The predicted molar refractivity (Wildman–Crippen MR) is 76.7 cm³/mol. The summed E-state index contributed by atoms with van der Waals surface area (Å²) in [4.78, 5) is 25.9. The van der Waals surface area contributed by atoms with Crippen LogP contribution in [0, 0.1) is 5.92 Å². The Hall–Kier alpha value is -1.62. The highest BCUT2D eigenvalue weighted by molar-refractivity contribution is 5.94. The van der Waals surface area contributed by atoms with Gasteiger partial charge >= 0.3 is 0 Å². The van der Waals surface area contributed by atoms with E-state index in [-0.39, 0.29) is 23.6 Å². The Morgan fingerprint density at radius 1 is 1.55 bits per heavy atom. The molecule has 2 atom stereocenters. The second-order valence-electron chi connectivity index (χ2n) is 5.70. The average molecular weight is 278 g/mol. The zero-order valence-electron chi connectivity index (χ0n) is 12.0. The van der Waals surface area contributed by atoms with E-state index in [1.54, 1.807) is 6.07 Å². The SMILES string of the molecule is CC(C)C[C@H]1OCCC[C@@H]1NC(=O)c1cc[nH]c(=O)c1. The fourth-order valence-corrected chi connectivity index (χ4v) is 2.54. The molecule has 1 aliphatic heterocycles. The van der Waals surface area contributed by atoms with Gasteiger partial charge in [0.05, 0.1) is 12.1 Å². The maximum absolute atomic E-state index is 12.2. The monoisotopic (exact) mass is 278 g/mol. The van der Waals surface area contributed by atoms with E-state index < -0.39 is 0 Å². The van der Waals surface area contributed by atoms with Crippen molar-refractivity contribution < 1.29 is 9.53 Å². The van der Waals surface area contributed by atoms with Crippen LogP contribution < -0.4 is 10.9 Å². The molecule has 0 unspecified atom stereocenters. The first-order valence-corrected chi connectivity index (χ1v) is 7.17. The van der Waals surface area contributed by atoms with Gasteiger partial charge in [0, 0.05) is 24.4 Å². The minimum absolute atomic E-state index is 0.0259. The number of carbonyl (C=O) groups is 1. The smallest absolute Gasteiger partial charge is 0.251 e. The van der Waals surface area contributed by atoms with Gasteiger partial charge in [0.2, 0.25) is 5.56 Å². The highest BCUT2D eigenvalue weighted by atomic mass is 16.5. The summed E-state index contributed by atoms with van der Waals surface area (Å²) in [5, 5.41) is 3.00. The van der Waals surface area contributed by atoms with Crippen molar-refractivity contribution in [3.8, 4) is 0 Å². The van der Waals surface area contributed by atoms with Crippen LogP contribution in [-0.2, 0) is 4.74 Å². The van der Waals surface area contributed by atoms with Gasteiger partial charge < -0.3 is 15.0 Å². The Morgan fingerprint density at radius 3 is 3.05 bits per heavy atom. The van der Waals surface area contributed by atoms with Gasteiger partial charge in [0.15, 0.2) is 0 Å². The first-order valence-electron chi connectivity index (χ1n) is 7.17. The number of ether oxygens (including phenoxy) is 1. The third-order valence-electron chi connectivity index (χ3n) is 3.50. The van der Waals surface area contributed by atoms with Crippen LogP contribution in [0.4, 0.5) is 0 Å². The van der Waals surface area contributed by atoms with Crippen molar-refractivity contribution >= 4 is 5.91 Å². The van der Waals surface area contributed by atoms with Crippen LogP contribution in [-0.4, -0.2) is 29.6 Å². The molecule has 1 aliphatic rings. The van der Waals surface area contributed by atoms with E-state index in [9.17, 15) is 9.59 Å². The van der Waals surface area contributed by atoms with E-state index in [0.717, 1.165) is 25.9 Å². The number of aromatic nitrogens is 1. The van der Waals surface area contributed by atoms with Gasteiger partial charge in [-0.3, -0.25) is 9.59 Å². The zero-order valence-corrected chi connectivity index (χ0v) is 12.0. The molecule has 0 radical (unpaired) electrons. The first-order chi connectivity index (χ1) is 9.56. The summed E-state index contributed by atoms with van der Waals surface area (Å²) >= 11 is 0. The molecule has 0 spiro atoms. The number of rotatable bonds is 4. The molecule has 1 aromatic rings. The van der Waals surface area contributed by atoms with Gasteiger partial charge in [-0.15, -0.1) is 0 Å². The van der Waals surface area contributed by atoms with Crippen LogP contribution in [0.5, 0.6) is 0 Å². The van der Waals surface area contributed by atoms with Crippen LogP contribution in [0.25, 0.3) is 0 Å². The molecule has 1 amide bonds. The molecule has 2 rings (SSSR count). The number of nitrogens with one attached hydrogen (secondary N) is 2. The fourth-order valence-electron chi connectivity index (χ4n) is 2.54. The third kappa shape index (κ3) is 3.93. The van der Waals surface area contributed by atoms with Crippen molar-refractivity contribution in [2.45, 2.75) is 45.3 Å². The van der Waals surface area contributed by atoms with Crippen molar-refractivity contribution in [1.29, 1.82) is 0 Å². The Balaban J connectivity index is 2.03. The van der Waals surface area contributed by atoms with Gasteiger partial charge in [-0.2, -0.15) is 0 Å². The quantitative estimate of drug-likeness (QED) is 0.880. The lowest BCUT2D eigenvalue weighted by Gasteiger charge is -2.33. The summed E-state index contributed by atoms with van der Waals surface area (Å²) in [6.45, 7) is 5.05. The van der Waals surface area contributed by atoms with Crippen molar-refractivity contribution in [1.82, 2.24) is 10.3 Å². The fraction of sp³-hybridized carbons (Fsp3) is 0.600. The number of aromatic amines is 1. The molecule has 0 aromatic carbocycles. The van der Waals surface area contributed by atoms with Crippen molar-refractivity contribution in [3.63, 3.8) is 0 Å². The van der Waals surface area contributed by atoms with E-state index in [1.807, 2.05) is 0 Å². The van der Waals surface area contributed by atoms with Gasteiger partial charge in [0.1, 0.15) is 0 Å². The van der Waals surface area contributed by atoms with Gasteiger partial charge in [-0.25, -0.2) is 0 Å². The molecule has 20 heavy (non-hydrogen) atoms. The van der Waals surface area contributed by atoms with Gasteiger partial charge in [0.25, 0.3) is 5.91 Å². The molecule has 0 saturated carbocycles. The number of amides is 1. The molecule has 110 valence electrons. The summed E-state index contributed by atoms with van der Waals surface area (Å²) in [5.74, 6) is 0.317. The first kappa shape index (κ1) is 14.8. The summed E-state index contributed by atoms with van der Waals surface area (Å²) in [6, 6.07) is 2.95. The Bertz CT molecular complexity index is 510. The van der Waals surface area contributed by atoms with E-state index in [1.165, 1.54) is 12.3 Å². The molecule has 5 nitrogen and oxygen atoms in total. The highest BCUT2D eigenvalue weighted by Gasteiger charge is 2.28. The zero-order chi connectivity index (χ0) is 14.5. The predicted octanol–water partition coefficient (Wildman–Crippen LogP) is 1.70. The summed E-state index contributed by atoms with van der Waals surface area (Å²) in [7, 11) is 0. The summed E-state index contributed by atoms with van der Waals surface area (Å²) < 4.78 is 5.78. The van der Waals surface area contributed by atoms with E-state index in [0.29, 0.717) is 11.5 Å². The third-order valence-corrected chi connectivity index (χ3v) is 3.50. The molecule has 2 N–H and O–H groups in total. The van der Waals surface area contributed by atoms with Crippen LogP contribution in [0.1, 0.15) is 43.5 Å².